The quantitative estimate of drug-likeness (QED) is 0.467. The summed E-state index contributed by atoms with van der Waals surface area (Å²) in [5.41, 5.74) is 6.58. The highest BCUT2D eigenvalue weighted by atomic mass is 32.2. The van der Waals surface area contributed by atoms with E-state index in [1.165, 1.54) is 27.8 Å². The third-order valence-corrected chi connectivity index (χ3v) is 9.53. The second kappa shape index (κ2) is 12.2. The van der Waals surface area contributed by atoms with Crippen molar-refractivity contribution in [3.8, 4) is 11.1 Å². The second-order valence-electron chi connectivity index (χ2n) is 10.3. The average molecular weight is 515 g/mol. The van der Waals surface area contributed by atoms with E-state index < -0.39 is 10.2 Å². The molecule has 2 aromatic rings. The number of likely N-dealkylation sites (tertiary alicyclic amines) is 1. The van der Waals surface area contributed by atoms with Crippen LogP contribution in [0.5, 0.6) is 0 Å². The number of piperazine rings is 1. The van der Waals surface area contributed by atoms with E-state index in [9.17, 15) is 8.42 Å². The molecule has 0 aromatic heterocycles. The van der Waals surface area contributed by atoms with Crippen LogP contribution in [0, 0.1) is 13.8 Å². The molecule has 7 nitrogen and oxygen atoms in total. The smallest absolute Gasteiger partial charge is 0.279 e. The Morgan fingerprint density at radius 2 is 1.72 bits per heavy atom. The lowest BCUT2D eigenvalue weighted by Gasteiger charge is -2.48. The minimum Gasteiger partial charge on any atom is -0.383 e. The first kappa shape index (κ1) is 27.2. The Bertz CT molecular complexity index is 1100. The first-order chi connectivity index (χ1) is 17.3. The number of benzene rings is 2. The molecule has 4 rings (SSSR count). The molecule has 0 amide bonds. The molecule has 1 unspecified atom stereocenters. The molecule has 0 aliphatic carbocycles. The lowest BCUT2D eigenvalue weighted by Crippen LogP contribution is -2.56. The third kappa shape index (κ3) is 6.36. The van der Waals surface area contributed by atoms with Crippen molar-refractivity contribution < 1.29 is 13.2 Å². The maximum Gasteiger partial charge on any atom is 0.279 e. The largest absolute Gasteiger partial charge is 0.383 e. The lowest BCUT2D eigenvalue weighted by atomic mass is 9.82. The summed E-state index contributed by atoms with van der Waals surface area (Å²) in [6, 6.07) is 15.9. The van der Waals surface area contributed by atoms with E-state index in [0.29, 0.717) is 38.2 Å². The van der Waals surface area contributed by atoms with Crippen LogP contribution in [0.2, 0.25) is 0 Å². The van der Waals surface area contributed by atoms with Crippen LogP contribution in [-0.4, -0.2) is 95.1 Å². The monoisotopic (exact) mass is 514 g/mol. The normalized spacial score (nSPS) is 22.0. The van der Waals surface area contributed by atoms with Gasteiger partial charge in [-0.3, -0.25) is 4.90 Å². The molecule has 0 saturated carbocycles. The Balaban J connectivity index is 1.25. The van der Waals surface area contributed by atoms with E-state index in [1.54, 1.807) is 11.4 Å². The lowest BCUT2D eigenvalue weighted by molar-refractivity contribution is 0.000718. The van der Waals surface area contributed by atoms with Crippen LogP contribution >= 0.6 is 0 Å². The number of nitrogens with zero attached hydrogens (tertiary/aromatic N) is 3. The Kier molecular flexibility index (Phi) is 9.19. The predicted molar refractivity (Wildman–Crippen MR) is 147 cm³/mol. The predicted octanol–water partition coefficient (Wildman–Crippen LogP) is 3.25. The maximum atomic E-state index is 12.5. The maximum absolute atomic E-state index is 12.5. The van der Waals surface area contributed by atoms with Gasteiger partial charge in [-0.05, 0) is 68.1 Å². The molecule has 0 spiro atoms. The minimum absolute atomic E-state index is 0.364. The van der Waals surface area contributed by atoms with Crippen molar-refractivity contribution >= 4 is 10.2 Å². The van der Waals surface area contributed by atoms with Crippen molar-refractivity contribution in [3.05, 3.63) is 59.2 Å². The average Bonchev–Trinajstić information content (AvgIpc) is 2.86. The van der Waals surface area contributed by atoms with Gasteiger partial charge in [-0.15, -0.1) is 0 Å². The van der Waals surface area contributed by atoms with Crippen molar-refractivity contribution in [2.24, 2.45) is 0 Å². The van der Waals surface area contributed by atoms with Gasteiger partial charge >= 0.3 is 0 Å². The minimum atomic E-state index is -3.37. The van der Waals surface area contributed by atoms with Crippen LogP contribution in [0.1, 0.15) is 35.4 Å². The van der Waals surface area contributed by atoms with E-state index in [2.05, 4.69) is 70.8 Å². The number of aryl methyl sites for hydroxylation is 1. The molecule has 36 heavy (non-hydrogen) atoms. The van der Waals surface area contributed by atoms with Crippen molar-refractivity contribution in [3.63, 3.8) is 0 Å². The highest BCUT2D eigenvalue weighted by Crippen LogP contribution is 2.36. The fourth-order valence-corrected chi connectivity index (χ4v) is 6.57. The van der Waals surface area contributed by atoms with Crippen molar-refractivity contribution in [2.75, 3.05) is 66.6 Å². The van der Waals surface area contributed by atoms with Crippen LogP contribution < -0.4 is 4.72 Å². The molecule has 0 bridgehead atoms. The molecule has 8 heteroatoms. The zero-order valence-electron chi connectivity index (χ0n) is 22.2. The number of unbranched alkanes of at least 4 members (excludes halogenated alkanes) is 1. The Labute approximate surface area is 217 Å². The first-order valence-electron chi connectivity index (χ1n) is 13.1. The van der Waals surface area contributed by atoms with Crippen molar-refractivity contribution in [2.45, 2.75) is 38.6 Å². The van der Waals surface area contributed by atoms with Gasteiger partial charge in [0, 0.05) is 58.3 Å². The van der Waals surface area contributed by atoms with E-state index in [-0.39, 0.29) is 0 Å². The van der Waals surface area contributed by atoms with Gasteiger partial charge in [0.15, 0.2) is 0 Å². The van der Waals surface area contributed by atoms with Crippen LogP contribution in [0.15, 0.2) is 42.5 Å². The van der Waals surface area contributed by atoms with Gasteiger partial charge in [-0.2, -0.15) is 12.7 Å². The summed E-state index contributed by atoms with van der Waals surface area (Å²) >= 11 is 0. The fourth-order valence-electron chi connectivity index (χ4n) is 5.34. The molecule has 2 aliphatic heterocycles. The number of methoxy groups -OCH3 is 1. The Morgan fingerprint density at radius 1 is 1.00 bits per heavy atom. The van der Waals surface area contributed by atoms with Crippen molar-refractivity contribution in [1.29, 1.82) is 0 Å². The highest BCUT2D eigenvalue weighted by Gasteiger charge is 2.39. The van der Waals surface area contributed by atoms with Crippen LogP contribution in [0.3, 0.4) is 0 Å². The molecule has 1 N–H and O–H groups in total. The van der Waals surface area contributed by atoms with E-state index in [0.717, 1.165) is 39.0 Å². The summed E-state index contributed by atoms with van der Waals surface area (Å²) in [5, 5.41) is 0. The summed E-state index contributed by atoms with van der Waals surface area (Å²) in [7, 11) is 0.423. The highest BCUT2D eigenvalue weighted by molar-refractivity contribution is 7.87. The molecular weight excluding hydrogens is 472 g/mol. The van der Waals surface area contributed by atoms with E-state index in [1.807, 2.05) is 7.05 Å². The number of likely N-dealkylation sites (N-methyl/N-ethyl adjacent to an activating group) is 1. The zero-order valence-corrected chi connectivity index (χ0v) is 23.1. The molecule has 2 aromatic carbocycles. The summed E-state index contributed by atoms with van der Waals surface area (Å²) in [4.78, 5) is 4.63. The van der Waals surface area contributed by atoms with E-state index in [4.69, 9.17) is 4.74 Å². The summed E-state index contributed by atoms with van der Waals surface area (Å²) in [6.45, 7) is 10.2. The van der Waals surface area contributed by atoms with Gasteiger partial charge in [0.1, 0.15) is 0 Å². The second-order valence-corrected chi connectivity index (χ2v) is 12.1. The number of hydrogen-bond donors (Lipinski definition) is 1. The molecule has 2 saturated heterocycles. The van der Waals surface area contributed by atoms with Gasteiger partial charge in [0.2, 0.25) is 0 Å². The summed E-state index contributed by atoms with van der Waals surface area (Å²) in [6.07, 6.45) is 1.79. The summed E-state index contributed by atoms with van der Waals surface area (Å²) in [5.74, 6) is 0.466. The zero-order chi connectivity index (χ0) is 25.7. The summed E-state index contributed by atoms with van der Waals surface area (Å²) < 4.78 is 34.9. The molecule has 2 atom stereocenters. The topological polar surface area (TPSA) is 65.1 Å². The van der Waals surface area contributed by atoms with Gasteiger partial charge < -0.3 is 9.64 Å². The number of ether oxygens (including phenoxy) is 1. The van der Waals surface area contributed by atoms with Crippen molar-refractivity contribution in [1.82, 2.24) is 18.8 Å². The molecule has 0 radical (unpaired) electrons. The van der Waals surface area contributed by atoms with Crippen LogP contribution in [0.25, 0.3) is 11.1 Å². The molecular formula is C28H42N4O3S. The SMILES string of the molecule is COC[C@@H]1C(c2ccc(-c3cccc(C)c3C)cc2)CN1CCCCNS(=O)(=O)N1CCN(C)CC1. The molecule has 2 heterocycles. The van der Waals surface area contributed by atoms with E-state index >= 15 is 0 Å². The molecule has 198 valence electrons. The standard InChI is InChI=1S/C28H42N4O3S/c1-22-8-7-9-26(23(22)2)24-10-12-25(13-11-24)27-20-31(28(27)21-35-4)15-6-5-14-29-36(33,34)32-18-16-30(3)17-19-32/h7-13,27-29H,5-6,14-21H2,1-4H3/t27?,28-/m1/s1. The Morgan fingerprint density at radius 3 is 2.42 bits per heavy atom. The van der Waals surface area contributed by atoms with Gasteiger partial charge in [-0.1, -0.05) is 42.5 Å². The number of hydrogen-bond acceptors (Lipinski definition) is 5. The first-order valence-corrected chi connectivity index (χ1v) is 14.6. The molecule has 2 aliphatic rings. The van der Waals surface area contributed by atoms with Gasteiger partial charge in [-0.25, -0.2) is 4.72 Å². The number of rotatable bonds is 11. The Hall–Kier alpha value is -1.81. The number of nitrogens with one attached hydrogen (secondary N) is 1. The molecule has 2 fully saturated rings. The fraction of sp³-hybridized carbons (Fsp3) is 0.571. The third-order valence-electron chi connectivity index (χ3n) is 7.92. The van der Waals surface area contributed by atoms with Gasteiger partial charge in [0.25, 0.3) is 10.2 Å². The van der Waals surface area contributed by atoms with Crippen LogP contribution in [-0.2, 0) is 14.9 Å². The van der Waals surface area contributed by atoms with Crippen LogP contribution in [0.4, 0.5) is 0 Å². The van der Waals surface area contributed by atoms with Gasteiger partial charge in [0.05, 0.1) is 6.61 Å².